The molecule has 0 fully saturated rings. The number of hydrogen-bond acceptors (Lipinski definition) is 1. The van der Waals surface area contributed by atoms with Crippen LogP contribution in [0.4, 0.5) is 0 Å². The van der Waals surface area contributed by atoms with Crippen LogP contribution in [0.25, 0.3) is 0 Å². The van der Waals surface area contributed by atoms with Crippen molar-refractivity contribution < 1.29 is 4.79 Å². The van der Waals surface area contributed by atoms with Crippen LogP contribution in [0.15, 0.2) is 22.7 Å². The number of benzene rings is 1. The molecule has 0 bridgehead atoms. The fraction of sp³-hybridized carbons (Fsp3) is 0.125. The number of carbonyl (C=O) groups is 1. The van der Waals surface area contributed by atoms with Crippen molar-refractivity contribution in [2.45, 2.75) is 5.33 Å². The fourth-order valence-corrected chi connectivity index (χ4v) is 2.29. The maximum atomic E-state index is 11.0. The van der Waals surface area contributed by atoms with E-state index in [4.69, 9.17) is 11.6 Å². The predicted molar refractivity (Wildman–Crippen MR) is 57.0 cm³/mol. The Hall–Kier alpha value is 0.140. The highest BCUT2D eigenvalue weighted by Crippen LogP contribution is 2.23. The van der Waals surface area contributed by atoms with Crippen molar-refractivity contribution in [2.75, 3.05) is 0 Å². The van der Waals surface area contributed by atoms with Gasteiger partial charge in [-0.25, -0.2) is 0 Å². The molecular formula is C8H5Br2ClO. The molecule has 0 aromatic heterocycles. The molecule has 0 N–H and O–H groups in total. The van der Waals surface area contributed by atoms with Crippen LogP contribution < -0.4 is 0 Å². The van der Waals surface area contributed by atoms with Crippen LogP contribution >= 0.6 is 43.5 Å². The van der Waals surface area contributed by atoms with Gasteiger partial charge in [0.2, 0.25) is 0 Å². The Bertz CT molecular complexity index is 312. The first-order valence-electron chi connectivity index (χ1n) is 3.20. The Labute approximate surface area is 92.4 Å². The minimum absolute atomic E-state index is 0.433. The van der Waals surface area contributed by atoms with Gasteiger partial charge in [-0.1, -0.05) is 28.1 Å². The molecule has 0 aliphatic rings. The molecule has 12 heavy (non-hydrogen) atoms. The lowest BCUT2D eigenvalue weighted by Gasteiger charge is -2.03. The Balaban J connectivity index is 3.29. The van der Waals surface area contributed by atoms with Crippen LogP contribution in [0.1, 0.15) is 15.9 Å². The second kappa shape index (κ2) is 4.40. The SMILES string of the molecule is O=C(Cl)c1c(Br)cccc1CBr. The van der Waals surface area contributed by atoms with Gasteiger partial charge in [0.05, 0.1) is 5.56 Å². The third-order valence-corrected chi connectivity index (χ3v) is 2.89. The summed E-state index contributed by atoms with van der Waals surface area (Å²) in [6.07, 6.45) is 0. The molecule has 0 aliphatic heterocycles. The summed E-state index contributed by atoms with van der Waals surface area (Å²) in [7, 11) is 0. The highest BCUT2D eigenvalue weighted by molar-refractivity contribution is 9.10. The lowest BCUT2D eigenvalue weighted by Crippen LogP contribution is -1.96. The van der Waals surface area contributed by atoms with Gasteiger partial charge in [-0.05, 0) is 39.2 Å². The van der Waals surface area contributed by atoms with Crippen molar-refractivity contribution in [3.8, 4) is 0 Å². The first-order chi connectivity index (χ1) is 5.66. The molecule has 1 rings (SSSR count). The van der Waals surface area contributed by atoms with E-state index in [1.54, 1.807) is 6.07 Å². The second-order valence-corrected chi connectivity index (χ2v) is 3.94. The molecule has 0 aliphatic carbocycles. The van der Waals surface area contributed by atoms with E-state index in [-0.39, 0.29) is 0 Å². The molecule has 0 saturated heterocycles. The van der Waals surface area contributed by atoms with Crippen LogP contribution in [0, 0.1) is 0 Å². The molecule has 1 aromatic rings. The average Bonchev–Trinajstić information content (AvgIpc) is 2.03. The normalized spacial score (nSPS) is 9.92. The van der Waals surface area contributed by atoms with Crippen molar-refractivity contribution in [1.82, 2.24) is 0 Å². The van der Waals surface area contributed by atoms with Gasteiger partial charge in [-0.2, -0.15) is 0 Å². The quantitative estimate of drug-likeness (QED) is 0.601. The van der Waals surface area contributed by atoms with Gasteiger partial charge in [-0.3, -0.25) is 4.79 Å². The first-order valence-corrected chi connectivity index (χ1v) is 5.49. The zero-order valence-electron chi connectivity index (χ0n) is 5.98. The van der Waals surface area contributed by atoms with Crippen molar-refractivity contribution in [2.24, 2.45) is 0 Å². The zero-order valence-corrected chi connectivity index (χ0v) is 9.91. The third kappa shape index (κ3) is 2.09. The van der Waals surface area contributed by atoms with E-state index in [2.05, 4.69) is 31.9 Å². The van der Waals surface area contributed by atoms with E-state index in [9.17, 15) is 4.79 Å². The van der Waals surface area contributed by atoms with Crippen molar-refractivity contribution in [1.29, 1.82) is 0 Å². The molecule has 4 heteroatoms. The van der Waals surface area contributed by atoms with Crippen molar-refractivity contribution in [3.63, 3.8) is 0 Å². The van der Waals surface area contributed by atoms with Gasteiger partial charge in [0.1, 0.15) is 0 Å². The topological polar surface area (TPSA) is 17.1 Å². The van der Waals surface area contributed by atoms with Crippen LogP contribution in [0.5, 0.6) is 0 Å². The minimum atomic E-state index is -0.433. The van der Waals surface area contributed by atoms with E-state index in [0.29, 0.717) is 10.9 Å². The third-order valence-electron chi connectivity index (χ3n) is 1.44. The van der Waals surface area contributed by atoms with E-state index >= 15 is 0 Å². The predicted octanol–water partition coefficient (Wildman–Crippen LogP) is 3.72. The summed E-state index contributed by atoms with van der Waals surface area (Å²) >= 11 is 11.9. The summed E-state index contributed by atoms with van der Waals surface area (Å²) in [5.41, 5.74) is 1.43. The van der Waals surface area contributed by atoms with E-state index in [1.807, 2.05) is 12.1 Å². The smallest absolute Gasteiger partial charge is 0.253 e. The van der Waals surface area contributed by atoms with Gasteiger partial charge in [0, 0.05) is 9.80 Å². The van der Waals surface area contributed by atoms with Gasteiger partial charge < -0.3 is 0 Å². The van der Waals surface area contributed by atoms with Gasteiger partial charge >= 0.3 is 0 Å². The molecule has 0 amide bonds. The number of alkyl halides is 1. The largest absolute Gasteiger partial charge is 0.276 e. The molecule has 0 spiro atoms. The number of halogens is 3. The minimum Gasteiger partial charge on any atom is -0.276 e. The first kappa shape index (κ1) is 10.2. The number of rotatable bonds is 2. The van der Waals surface area contributed by atoms with Crippen LogP contribution in [0.3, 0.4) is 0 Å². The zero-order chi connectivity index (χ0) is 9.14. The molecule has 1 nitrogen and oxygen atoms in total. The molecule has 0 radical (unpaired) electrons. The summed E-state index contributed by atoms with van der Waals surface area (Å²) in [5, 5.41) is 0.192. The van der Waals surface area contributed by atoms with Gasteiger partial charge in [0.15, 0.2) is 0 Å². The van der Waals surface area contributed by atoms with E-state index < -0.39 is 5.24 Å². The molecule has 0 heterocycles. The molecule has 1 aromatic carbocycles. The number of hydrogen-bond donors (Lipinski definition) is 0. The summed E-state index contributed by atoms with van der Waals surface area (Å²) < 4.78 is 0.736. The lowest BCUT2D eigenvalue weighted by molar-refractivity contribution is 0.108. The molecule has 0 saturated carbocycles. The Morgan fingerprint density at radius 3 is 2.58 bits per heavy atom. The van der Waals surface area contributed by atoms with Gasteiger partial charge in [-0.15, -0.1) is 0 Å². The van der Waals surface area contributed by atoms with Crippen molar-refractivity contribution >= 4 is 48.7 Å². The standard InChI is InChI=1S/C8H5Br2ClO/c9-4-5-2-1-3-6(10)7(5)8(11)12/h1-3H,4H2. The Kier molecular flexibility index (Phi) is 3.75. The molecule has 0 atom stereocenters. The molecule has 64 valence electrons. The summed E-state index contributed by atoms with van der Waals surface area (Å²) in [6, 6.07) is 5.51. The second-order valence-electron chi connectivity index (χ2n) is 2.18. The maximum absolute atomic E-state index is 11.0. The Morgan fingerprint density at radius 2 is 2.17 bits per heavy atom. The van der Waals surface area contributed by atoms with Gasteiger partial charge in [0.25, 0.3) is 5.24 Å². The van der Waals surface area contributed by atoms with Crippen molar-refractivity contribution in [3.05, 3.63) is 33.8 Å². The van der Waals surface area contributed by atoms with Crippen LogP contribution in [0.2, 0.25) is 0 Å². The highest BCUT2D eigenvalue weighted by atomic mass is 79.9. The Morgan fingerprint density at radius 1 is 1.50 bits per heavy atom. The summed E-state index contributed by atoms with van der Waals surface area (Å²) in [4.78, 5) is 11.0. The molecule has 0 unspecified atom stereocenters. The molecular weight excluding hydrogens is 307 g/mol. The van der Waals surface area contributed by atoms with Crippen LogP contribution in [-0.4, -0.2) is 5.24 Å². The van der Waals surface area contributed by atoms with E-state index in [0.717, 1.165) is 10.0 Å². The fourth-order valence-electron chi connectivity index (χ4n) is 0.900. The lowest BCUT2D eigenvalue weighted by atomic mass is 10.1. The van der Waals surface area contributed by atoms with E-state index in [1.165, 1.54) is 0 Å². The summed E-state index contributed by atoms with van der Waals surface area (Å²) in [6.45, 7) is 0. The average molecular weight is 312 g/mol. The monoisotopic (exact) mass is 310 g/mol. The van der Waals surface area contributed by atoms with Crippen LogP contribution in [-0.2, 0) is 5.33 Å². The number of carbonyl (C=O) groups excluding carboxylic acids is 1. The highest BCUT2D eigenvalue weighted by Gasteiger charge is 2.11. The summed E-state index contributed by atoms with van der Waals surface area (Å²) in [5.74, 6) is 0. The maximum Gasteiger partial charge on any atom is 0.253 e.